The van der Waals surface area contributed by atoms with Crippen molar-refractivity contribution in [2.45, 2.75) is 84.2 Å². The summed E-state index contributed by atoms with van der Waals surface area (Å²) >= 11 is 3.38. The van der Waals surface area contributed by atoms with Crippen LogP contribution in [0.25, 0.3) is 0 Å². The van der Waals surface area contributed by atoms with Gasteiger partial charge in [0.1, 0.15) is 12.4 Å². The van der Waals surface area contributed by atoms with Crippen LogP contribution in [0.4, 0.5) is 0 Å². The van der Waals surface area contributed by atoms with E-state index in [0.717, 1.165) is 35.7 Å². The average molecular weight is 471 g/mol. The van der Waals surface area contributed by atoms with Crippen molar-refractivity contribution in [1.82, 2.24) is 0 Å². The van der Waals surface area contributed by atoms with Crippen molar-refractivity contribution in [3.63, 3.8) is 0 Å². The predicted molar refractivity (Wildman–Crippen MR) is 118 cm³/mol. The zero-order valence-corrected chi connectivity index (χ0v) is 19.4. The van der Waals surface area contributed by atoms with Gasteiger partial charge in [0.05, 0.1) is 13.7 Å². The summed E-state index contributed by atoms with van der Waals surface area (Å²) in [6.07, 6.45) is 10.1. The third kappa shape index (κ3) is 12.6. The molecule has 1 rings (SSSR count). The van der Waals surface area contributed by atoms with Gasteiger partial charge in [0, 0.05) is 22.9 Å². The van der Waals surface area contributed by atoms with Crippen LogP contribution in [-0.4, -0.2) is 25.7 Å². The number of halogens is 1. The molecule has 0 saturated carbocycles. The summed E-state index contributed by atoms with van der Waals surface area (Å²) in [7, 11) is 1.59. The van der Waals surface area contributed by atoms with E-state index >= 15 is 0 Å². The van der Waals surface area contributed by atoms with Crippen LogP contribution < -0.4 is 4.74 Å². The molecule has 0 saturated heterocycles. The van der Waals surface area contributed by atoms with Gasteiger partial charge in [0.15, 0.2) is 0 Å². The van der Waals surface area contributed by atoms with Gasteiger partial charge < -0.3 is 14.2 Å². The maximum absolute atomic E-state index is 11.9. The van der Waals surface area contributed by atoms with Crippen LogP contribution in [0, 0.1) is 0 Å². The lowest BCUT2D eigenvalue weighted by molar-refractivity contribution is -0.145. The lowest BCUT2D eigenvalue weighted by Gasteiger charge is -2.10. The molecule has 0 aliphatic carbocycles. The fraction of sp³-hybridized carbons (Fsp3) is 0.652. The number of hydrogen-bond acceptors (Lipinski definition) is 5. The van der Waals surface area contributed by atoms with E-state index in [-0.39, 0.29) is 18.5 Å². The van der Waals surface area contributed by atoms with Crippen molar-refractivity contribution in [2.75, 3.05) is 13.7 Å². The fourth-order valence-electron chi connectivity index (χ4n) is 2.92. The van der Waals surface area contributed by atoms with E-state index in [2.05, 4.69) is 22.9 Å². The normalized spacial score (nSPS) is 10.6. The van der Waals surface area contributed by atoms with Gasteiger partial charge in [0.2, 0.25) is 0 Å². The van der Waals surface area contributed by atoms with E-state index < -0.39 is 0 Å². The van der Waals surface area contributed by atoms with E-state index in [1.807, 2.05) is 18.2 Å². The number of methoxy groups -OCH3 is 1. The number of benzene rings is 1. The van der Waals surface area contributed by atoms with Crippen LogP contribution in [0.15, 0.2) is 22.7 Å². The van der Waals surface area contributed by atoms with Gasteiger partial charge in [-0.15, -0.1) is 0 Å². The smallest absolute Gasteiger partial charge is 0.306 e. The molecule has 0 amide bonds. The molecule has 0 atom stereocenters. The Bertz CT molecular complexity index is 603. The Hall–Kier alpha value is -1.56. The van der Waals surface area contributed by atoms with Crippen LogP contribution in [0.1, 0.15) is 83.1 Å². The molecule has 0 aliphatic rings. The maximum Gasteiger partial charge on any atom is 0.306 e. The summed E-state index contributed by atoms with van der Waals surface area (Å²) in [4.78, 5) is 23.6. The summed E-state index contributed by atoms with van der Waals surface area (Å²) < 4.78 is 16.8. The highest BCUT2D eigenvalue weighted by atomic mass is 79.9. The van der Waals surface area contributed by atoms with Gasteiger partial charge in [-0.3, -0.25) is 9.59 Å². The lowest BCUT2D eigenvalue weighted by Crippen LogP contribution is -2.07. The topological polar surface area (TPSA) is 61.8 Å². The van der Waals surface area contributed by atoms with Crippen LogP contribution in [-0.2, 0) is 25.7 Å². The summed E-state index contributed by atoms with van der Waals surface area (Å²) in [6.45, 7) is 2.92. The quantitative estimate of drug-likeness (QED) is 0.208. The van der Waals surface area contributed by atoms with Gasteiger partial charge in [-0.1, -0.05) is 67.4 Å². The fourth-order valence-corrected chi connectivity index (χ4v) is 3.26. The molecule has 0 unspecified atom stereocenters. The molecule has 1 aromatic carbocycles. The van der Waals surface area contributed by atoms with Crippen molar-refractivity contribution in [3.8, 4) is 5.75 Å². The SMILES string of the molecule is CCCCCCCCOC(=O)CCCCCC(=O)OCc1ccc(Br)cc1OC. The van der Waals surface area contributed by atoms with Gasteiger partial charge in [-0.05, 0) is 31.4 Å². The highest BCUT2D eigenvalue weighted by Crippen LogP contribution is 2.24. The second kappa shape index (κ2) is 16.3. The first-order chi connectivity index (χ1) is 14.1. The molecule has 0 bridgehead atoms. The molecule has 0 radical (unpaired) electrons. The van der Waals surface area contributed by atoms with Gasteiger partial charge in [-0.2, -0.15) is 0 Å². The second-order valence-electron chi connectivity index (χ2n) is 7.17. The van der Waals surface area contributed by atoms with Crippen LogP contribution in [0.5, 0.6) is 5.75 Å². The molecule has 0 spiro atoms. The van der Waals surface area contributed by atoms with Crippen molar-refractivity contribution in [2.24, 2.45) is 0 Å². The number of carbonyl (C=O) groups excluding carboxylic acids is 2. The molecule has 0 aromatic heterocycles. The van der Waals surface area contributed by atoms with Crippen molar-refractivity contribution in [1.29, 1.82) is 0 Å². The van der Waals surface area contributed by atoms with E-state index in [1.165, 1.54) is 25.7 Å². The third-order valence-corrected chi connectivity index (χ3v) is 5.15. The summed E-state index contributed by atoms with van der Waals surface area (Å²) in [5.74, 6) is 0.315. The van der Waals surface area contributed by atoms with Crippen LogP contribution in [0.2, 0.25) is 0 Å². The molecule has 164 valence electrons. The minimum Gasteiger partial charge on any atom is -0.496 e. The standard InChI is InChI=1S/C23H35BrO5/c1-3-4-5-6-7-11-16-28-22(25)12-9-8-10-13-23(26)29-18-19-14-15-20(24)17-21(19)27-2/h14-15,17H,3-13,16,18H2,1-2H3. The van der Waals surface area contributed by atoms with E-state index in [4.69, 9.17) is 14.2 Å². The second-order valence-corrected chi connectivity index (χ2v) is 8.08. The van der Waals surface area contributed by atoms with Crippen molar-refractivity contribution >= 4 is 27.9 Å². The van der Waals surface area contributed by atoms with Gasteiger partial charge in [-0.25, -0.2) is 0 Å². The summed E-state index contributed by atoms with van der Waals surface area (Å²) in [5, 5.41) is 0. The first kappa shape index (κ1) is 25.5. The molecular formula is C23H35BrO5. The Morgan fingerprint density at radius 1 is 0.862 bits per heavy atom. The number of esters is 2. The number of rotatable bonds is 16. The highest BCUT2D eigenvalue weighted by molar-refractivity contribution is 9.10. The number of ether oxygens (including phenoxy) is 3. The van der Waals surface area contributed by atoms with E-state index in [9.17, 15) is 9.59 Å². The van der Waals surface area contributed by atoms with Crippen LogP contribution in [0.3, 0.4) is 0 Å². The average Bonchev–Trinajstić information content (AvgIpc) is 2.71. The molecule has 0 N–H and O–H groups in total. The minimum atomic E-state index is -0.236. The third-order valence-electron chi connectivity index (χ3n) is 4.66. The zero-order valence-electron chi connectivity index (χ0n) is 17.8. The van der Waals surface area contributed by atoms with Crippen molar-refractivity contribution in [3.05, 3.63) is 28.2 Å². The molecule has 5 nitrogen and oxygen atoms in total. The molecule has 0 aliphatic heterocycles. The van der Waals surface area contributed by atoms with E-state index in [0.29, 0.717) is 31.6 Å². The molecule has 0 heterocycles. The summed E-state index contributed by atoms with van der Waals surface area (Å²) in [5.41, 5.74) is 0.831. The Labute approximate surface area is 183 Å². The van der Waals surface area contributed by atoms with E-state index in [1.54, 1.807) is 7.11 Å². The largest absolute Gasteiger partial charge is 0.496 e. The Morgan fingerprint density at radius 3 is 2.17 bits per heavy atom. The van der Waals surface area contributed by atoms with Gasteiger partial charge in [0.25, 0.3) is 0 Å². The zero-order chi connectivity index (χ0) is 21.3. The minimum absolute atomic E-state index is 0.136. The number of hydrogen-bond donors (Lipinski definition) is 0. The molecule has 29 heavy (non-hydrogen) atoms. The first-order valence-electron chi connectivity index (χ1n) is 10.7. The Kier molecular flexibility index (Phi) is 14.3. The predicted octanol–water partition coefficient (Wildman–Crippen LogP) is 6.36. The molecule has 6 heteroatoms. The summed E-state index contributed by atoms with van der Waals surface area (Å²) in [6, 6.07) is 5.60. The molecule has 0 fully saturated rings. The first-order valence-corrected chi connectivity index (χ1v) is 11.5. The molecule has 1 aromatic rings. The Morgan fingerprint density at radius 2 is 1.48 bits per heavy atom. The highest BCUT2D eigenvalue weighted by Gasteiger charge is 2.09. The number of carbonyl (C=O) groups is 2. The van der Waals surface area contributed by atoms with Crippen molar-refractivity contribution < 1.29 is 23.8 Å². The number of unbranched alkanes of at least 4 members (excludes halogenated alkanes) is 7. The van der Waals surface area contributed by atoms with Gasteiger partial charge >= 0.3 is 11.9 Å². The Balaban J connectivity index is 2.03. The monoisotopic (exact) mass is 470 g/mol. The van der Waals surface area contributed by atoms with Crippen LogP contribution >= 0.6 is 15.9 Å². The maximum atomic E-state index is 11.9. The lowest BCUT2D eigenvalue weighted by atomic mass is 10.1. The molecular weight excluding hydrogens is 436 g/mol.